The lowest BCUT2D eigenvalue weighted by Crippen LogP contribution is -2.28. The van der Waals surface area contributed by atoms with Crippen molar-refractivity contribution in [1.29, 1.82) is 0 Å². The molecule has 1 aromatic carbocycles. The number of allylic oxidation sites excluding steroid dienone is 2. The van der Waals surface area contributed by atoms with Gasteiger partial charge in [0.25, 0.3) is 0 Å². The zero-order valence-electron chi connectivity index (χ0n) is 13.2. The van der Waals surface area contributed by atoms with Crippen molar-refractivity contribution in [1.82, 2.24) is 5.43 Å². The second kappa shape index (κ2) is 6.61. The molecule has 0 fully saturated rings. The van der Waals surface area contributed by atoms with E-state index in [-0.39, 0.29) is 10.6 Å². The number of carboxylic acid groups (broad SMARTS) is 1. The number of halogens is 1. The van der Waals surface area contributed by atoms with Crippen LogP contribution in [0.15, 0.2) is 30.0 Å². The number of carbonyl (C=O) groups is 1. The highest BCUT2D eigenvalue weighted by atomic mass is 35.5. The summed E-state index contributed by atoms with van der Waals surface area (Å²) in [5, 5.41) is 11.1. The maximum Gasteiger partial charge on any atom is 0.0731 e. The Morgan fingerprint density at radius 1 is 1.32 bits per heavy atom. The largest absolute Gasteiger partial charge is 0.545 e. The summed E-state index contributed by atoms with van der Waals surface area (Å²) in [7, 11) is 0. The highest BCUT2D eigenvalue weighted by molar-refractivity contribution is 6.33. The molecule has 0 aliphatic heterocycles. The lowest BCUT2D eigenvalue weighted by Gasteiger charge is -2.33. The quantitative estimate of drug-likeness (QED) is 0.835. The molecule has 4 nitrogen and oxygen atoms in total. The average molecular weight is 322 g/mol. The monoisotopic (exact) mass is 321 g/mol. The van der Waals surface area contributed by atoms with Crippen molar-refractivity contribution in [2.45, 2.75) is 40.0 Å². The summed E-state index contributed by atoms with van der Waals surface area (Å²) < 4.78 is 0. The van der Waals surface area contributed by atoms with E-state index in [1.807, 2.05) is 0 Å². The van der Waals surface area contributed by atoms with Gasteiger partial charge in [-0.1, -0.05) is 38.4 Å². The maximum absolute atomic E-state index is 11.0. The minimum atomic E-state index is -1.28. The van der Waals surface area contributed by atoms with E-state index >= 15 is 0 Å². The molecule has 1 aliphatic carbocycles. The predicted octanol–water partition coefficient (Wildman–Crippen LogP) is 3.35. The molecule has 0 bridgehead atoms. The fraction of sp³-hybridized carbons (Fsp3) is 0.471. The molecular weight excluding hydrogens is 300 g/mol. The number of nitrogens with one attached hydrogen (secondary N) is 2. The minimum Gasteiger partial charge on any atom is -0.545 e. The molecule has 1 aromatic rings. The first-order chi connectivity index (χ1) is 10.3. The van der Waals surface area contributed by atoms with Gasteiger partial charge in [0.2, 0.25) is 0 Å². The van der Waals surface area contributed by atoms with E-state index in [4.69, 9.17) is 11.6 Å². The Kier molecular flexibility index (Phi) is 5.01. The molecule has 5 heteroatoms. The van der Waals surface area contributed by atoms with Crippen LogP contribution in [0.4, 0.5) is 5.69 Å². The van der Waals surface area contributed by atoms with Crippen molar-refractivity contribution in [3.8, 4) is 0 Å². The summed E-state index contributed by atoms with van der Waals surface area (Å²) in [6, 6.07) is 4.73. The Morgan fingerprint density at radius 2 is 2.05 bits per heavy atom. The van der Waals surface area contributed by atoms with Crippen molar-refractivity contribution in [3.63, 3.8) is 0 Å². The molecule has 2 N–H and O–H groups in total. The lowest BCUT2D eigenvalue weighted by molar-refractivity contribution is -0.255. The van der Waals surface area contributed by atoms with Gasteiger partial charge in [-0.2, -0.15) is 0 Å². The molecule has 0 aromatic heterocycles. The van der Waals surface area contributed by atoms with Gasteiger partial charge in [0.05, 0.1) is 11.7 Å². The summed E-state index contributed by atoms with van der Waals surface area (Å²) in [4.78, 5) is 11.0. The molecule has 1 aliphatic rings. The van der Waals surface area contributed by atoms with E-state index in [2.05, 4.69) is 37.7 Å². The third kappa shape index (κ3) is 4.17. The van der Waals surface area contributed by atoms with Crippen LogP contribution in [-0.4, -0.2) is 5.97 Å². The fourth-order valence-electron chi connectivity index (χ4n) is 2.65. The smallest absolute Gasteiger partial charge is 0.0731 e. The Balaban J connectivity index is 1.96. The van der Waals surface area contributed by atoms with Crippen molar-refractivity contribution < 1.29 is 9.90 Å². The van der Waals surface area contributed by atoms with Crippen LogP contribution in [-0.2, 0) is 0 Å². The summed E-state index contributed by atoms with van der Waals surface area (Å²) in [6.45, 7) is 6.83. The molecule has 0 radical (unpaired) electrons. The number of carboxylic acids is 1. The molecule has 0 amide bonds. The first kappa shape index (κ1) is 16.7. The maximum atomic E-state index is 11.0. The van der Waals surface area contributed by atoms with Crippen LogP contribution in [0.2, 0.25) is 5.02 Å². The molecule has 0 heterocycles. The lowest BCUT2D eigenvalue weighted by atomic mass is 9.74. The van der Waals surface area contributed by atoms with Gasteiger partial charge < -0.3 is 20.8 Å². The Bertz CT molecular complexity index is 591. The topological polar surface area (TPSA) is 64.2 Å². The van der Waals surface area contributed by atoms with Gasteiger partial charge in [-0.25, -0.2) is 0 Å². The number of aromatic carboxylic acids is 1. The molecule has 22 heavy (non-hydrogen) atoms. The van der Waals surface area contributed by atoms with Crippen LogP contribution in [0.25, 0.3) is 0 Å². The van der Waals surface area contributed by atoms with Crippen molar-refractivity contribution >= 4 is 23.3 Å². The minimum absolute atomic E-state index is 0.0149. The van der Waals surface area contributed by atoms with Gasteiger partial charge in [-0.3, -0.25) is 0 Å². The van der Waals surface area contributed by atoms with Crippen LogP contribution in [0.3, 0.4) is 0 Å². The van der Waals surface area contributed by atoms with E-state index in [1.165, 1.54) is 6.07 Å². The summed E-state index contributed by atoms with van der Waals surface area (Å²) in [5.41, 5.74) is 8.26. The second-order valence-electron chi connectivity index (χ2n) is 6.80. The van der Waals surface area contributed by atoms with E-state index in [9.17, 15) is 9.90 Å². The first-order valence-electron chi connectivity index (χ1n) is 7.49. The van der Waals surface area contributed by atoms with Gasteiger partial charge in [0.15, 0.2) is 0 Å². The number of hydrogen-bond acceptors (Lipinski definition) is 4. The van der Waals surface area contributed by atoms with Gasteiger partial charge in [-0.05, 0) is 48.8 Å². The molecule has 120 valence electrons. The molecule has 0 unspecified atom stereocenters. The summed E-state index contributed by atoms with van der Waals surface area (Å²) in [6.07, 6.45) is 5.39. The highest BCUT2D eigenvalue weighted by Crippen LogP contribution is 2.36. The van der Waals surface area contributed by atoms with Crippen LogP contribution in [0.5, 0.6) is 0 Å². The zero-order valence-corrected chi connectivity index (χ0v) is 14.0. The Morgan fingerprint density at radius 3 is 2.59 bits per heavy atom. The standard InChI is InChI=1S/C17H23ClN2O2/c1-17(2,3)11-4-6-12(7-5-11)19-20-13-8-9-15(18)14(10-13)16(21)22/h6,8-11,19-20H,4-5,7H2,1-3H3,(H,21,22)/p-1/t11-/m1/s1. The number of carbonyl (C=O) groups excluding carboxylic acids is 1. The van der Waals surface area contributed by atoms with Crippen LogP contribution >= 0.6 is 11.6 Å². The number of hydrazine groups is 1. The van der Waals surface area contributed by atoms with E-state index in [0.29, 0.717) is 17.0 Å². The predicted molar refractivity (Wildman–Crippen MR) is 87.4 cm³/mol. The molecule has 0 spiro atoms. The molecule has 1 atom stereocenters. The molecular formula is C17H22ClN2O2-. The number of benzene rings is 1. The van der Waals surface area contributed by atoms with Gasteiger partial charge in [0.1, 0.15) is 0 Å². The molecule has 0 saturated heterocycles. The second-order valence-corrected chi connectivity index (χ2v) is 7.21. The van der Waals surface area contributed by atoms with Crippen LogP contribution < -0.4 is 16.0 Å². The molecule has 0 saturated carbocycles. The van der Waals surface area contributed by atoms with Crippen molar-refractivity contribution in [2.24, 2.45) is 11.3 Å². The zero-order chi connectivity index (χ0) is 16.3. The number of hydrogen-bond donors (Lipinski definition) is 2. The Hall–Kier alpha value is -1.68. The van der Waals surface area contributed by atoms with Crippen molar-refractivity contribution in [3.05, 3.63) is 40.6 Å². The number of rotatable bonds is 4. The van der Waals surface area contributed by atoms with E-state index < -0.39 is 5.97 Å². The number of anilines is 1. The third-order valence-electron chi connectivity index (χ3n) is 4.19. The highest BCUT2D eigenvalue weighted by Gasteiger charge is 2.26. The SMILES string of the molecule is CC(C)(C)[C@@H]1CC=C(NNc2ccc(Cl)c(C(=O)[O-])c2)CC1. The first-order valence-corrected chi connectivity index (χ1v) is 7.87. The summed E-state index contributed by atoms with van der Waals surface area (Å²) in [5.74, 6) is -0.586. The van der Waals surface area contributed by atoms with Gasteiger partial charge in [-0.15, -0.1) is 0 Å². The van der Waals surface area contributed by atoms with Gasteiger partial charge in [0, 0.05) is 16.3 Å². The van der Waals surface area contributed by atoms with Crippen LogP contribution in [0, 0.1) is 11.3 Å². The third-order valence-corrected chi connectivity index (χ3v) is 4.52. The van der Waals surface area contributed by atoms with E-state index in [0.717, 1.165) is 25.0 Å². The van der Waals surface area contributed by atoms with E-state index in [1.54, 1.807) is 12.1 Å². The fourth-order valence-corrected chi connectivity index (χ4v) is 2.84. The molecule has 2 rings (SSSR count). The average Bonchev–Trinajstić information content (AvgIpc) is 2.45. The normalized spacial score (nSPS) is 18.5. The van der Waals surface area contributed by atoms with Crippen molar-refractivity contribution in [2.75, 3.05) is 5.43 Å². The summed E-state index contributed by atoms with van der Waals surface area (Å²) >= 11 is 5.82. The van der Waals surface area contributed by atoms with Gasteiger partial charge >= 0.3 is 0 Å². The Labute approximate surface area is 136 Å². The van der Waals surface area contributed by atoms with Crippen LogP contribution in [0.1, 0.15) is 50.4 Å².